The number of nitrogens with one attached hydrogen (secondary N) is 1. The molecule has 0 spiro atoms. The highest BCUT2D eigenvalue weighted by molar-refractivity contribution is 5.93. The number of aliphatic hydroxyl groups excluding tert-OH is 1. The fourth-order valence-corrected chi connectivity index (χ4v) is 2.49. The molecule has 3 rings (SSSR count). The number of hydrogen-bond donors (Lipinski definition) is 2. The molecule has 0 bridgehead atoms. The minimum atomic E-state index is -0.429. The molecule has 2 aromatic rings. The molecule has 2 heterocycles. The van der Waals surface area contributed by atoms with Crippen molar-refractivity contribution in [3.05, 3.63) is 35.8 Å². The molecule has 19 heavy (non-hydrogen) atoms. The second-order valence-corrected chi connectivity index (χ2v) is 5.27. The molecule has 100 valence electrons. The van der Waals surface area contributed by atoms with Crippen LogP contribution in [0.2, 0.25) is 0 Å². The van der Waals surface area contributed by atoms with Gasteiger partial charge < -0.3 is 14.8 Å². The Balaban J connectivity index is 1.87. The number of fused-ring (bicyclic) bond motifs is 1. The summed E-state index contributed by atoms with van der Waals surface area (Å²) in [4.78, 5) is 16.5. The Morgan fingerprint density at radius 3 is 2.89 bits per heavy atom. The third-order valence-electron chi connectivity index (χ3n) is 3.92. The average molecular weight is 259 g/mol. The molecule has 5 nitrogen and oxygen atoms in total. The third kappa shape index (κ3) is 2.00. The maximum Gasteiger partial charge on any atom is 0.272 e. The Hall–Kier alpha value is -1.88. The molecule has 0 atom stereocenters. The Morgan fingerprint density at radius 2 is 2.32 bits per heavy atom. The molecule has 1 saturated carbocycles. The molecule has 0 saturated heterocycles. The Labute approximate surface area is 111 Å². The van der Waals surface area contributed by atoms with E-state index in [-0.39, 0.29) is 12.5 Å². The van der Waals surface area contributed by atoms with Gasteiger partial charge in [-0.1, -0.05) is 6.07 Å². The van der Waals surface area contributed by atoms with Gasteiger partial charge in [0.05, 0.1) is 12.1 Å². The van der Waals surface area contributed by atoms with Crippen LogP contribution in [-0.2, 0) is 0 Å². The molecule has 0 aromatic carbocycles. The van der Waals surface area contributed by atoms with Crippen molar-refractivity contribution in [1.29, 1.82) is 0 Å². The van der Waals surface area contributed by atoms with E-state index in [0.29, 0.717) is 5.69 Å². The van der Waals surface area contributed by atoms with Gasteiger partial charge in [-0.15, -0.1) is 0 Å². The van der Waals surface area contributed by atoms with Gasteiger partial charge >= 0.3 is 0 Å². The first-order valence-electron chi connectivity index (χ1n) is 6.52. The number of imidazole rings is 1. The quantitative estimate of drug-likeness (QED) is 0.872. The zero-order valence-electron chi connectivity index (χ0n) is 10.9. The second kappa shape index (κ2) is 4.35. The minimum Gasteiger partial charge on any atom is -0.394 e. The zero-order valence-corrected chi connectivity index (χ0v) is 10.9. The summed E-state index contributed by atoms with van der Waals surface area (Å²) < 4.78 is 1.89. The zero-order chi connectivity index (χ0) is 13.5. The number of hydrogen-bond acceptors (Lipinski definition) is 3. The highest BCUT2D eigenvalue weighted by Crippen LogP contribution is 2.31. The summed E-state index contributed by atoms with van der Waals surface area (Å²) in [7, 11) is 0. The van der Waals surface area contributed by atoms with Crippen LogP contribution in [0.25, 0.3) is 5.65 Å². The van der Waals surface area contributed by atoms with Gasteiger partial charge in [-0.2, -0.15) is 0 Å². The van der Waals surface area contributed by atoms with E-state index in [2.05, 4.69) is 10.3 Å². The molecule has 2 aromatic heterocycles. The monoisotopic (exact) mass is 259 g/mol. The Morgan fingerprint density at radius 1 is 1.53 bits per heavy atom. The van der Waals surface area contributed by atoms with Crippen LogP contribution >= 0.6 is 0 Å². The lowest BCUT2D eigenvalue weighted by Crippen LogP contribution is -2.56. The summed E-state index contributed by atoms with van der Waals surface area (Å²) in [5, 5.41) is 12.3. The number of aryl methyl sites for hydroxylation is 1. The van der Waals surface area contributed by atoms with Gasteiger partial charge in [-0.25, -0.2) is 4.98 Å². The Bertz CT molecular complexity index is 623. The van der Waals surface area contributed by atoms with Crippen molar-refractivity contribution in [3.63, 3.8) is 0 Å². The summed E-state index contributed by atoms with van der Waals surface area (Å²) in [6, 6.07) is 5.76. The summed E-state index contributed by atoms with van der Waals surface area (Å²) in [5.41, 5.74) is 1.76. The van der Waals surface area contributed by atoms with Crippen LogP contribution in [0.4, 0.5) is 0 Å². The topological polar surface area (TPSA) is 66.6 Å². The number of amides is 1. The summed E-state index contributed by atoms with van der Waals surface area (Å²) in [6.07, 6.45) is 4.46. The molecular formula is C14H17N3O2. The van der Waals surface area contributed by atoms with Crippen molar-refractivity contribution in [3.8, 4) is 0 Å². The Kier molecular flexibility index (Phi) is 2.78. The molecular weight excluding hydrogens is 242 g/mol. The molecule has 1 aliphatic carbocycles. The lowest BCUT2D eigenvalue weighted by molar-refractivity contribution is 0.0638. The molecule has 0 aliphatic heterocycles. The molecule has 0 radical (unpaired) electrons. The summed E-state index contributed by atoms with van der Waals surface area (Å²) in [6.45, 7) is 1.96. The third-order valence-corrected chi connectivity index (χ3v) is 3.92. The second-order valence-electron chi connectivity index (χ2n) is 5.27. The first-order valence-corrected chi connectivity index (χ1v) is 6.52. The normalized spacial score (nSPS) is 17.2. The first-order chi connectivity index (χ1) is 9.13. The number of carbonyl (C=O) groups excluding carboxylic acids is 1. The van der Waals surface area contributed by atoms with E-state index in [1.807, 2.05) is 29.5 Å². The van der Waals surface area contributed by atoms with Gasteiger partial charge in [-0.3, -0.25) is 4.79 Å². The van der Waals surface area contributed by atoms with Crippen molar-refractivity contribution in [2.75, 3.05) is 6.61 Å². The van der Waals surface area contributed by atoms with Crippen molar-refractivity contribution in [2.24, 2.45) is 0 Å². The number of nitrogens with zero attached hydrogens (tertiary/aromatic N) is 2. The lowest BCUT2D eigenvalue weighted by atomic mass is 9.77. The smallest absolute Gasteiger partial charge is 0.272 e. The lowest BCUT2D eigenvalue weighted by Gasteiger charge is -2.40. The summed E-state index contributed by atoms with van der Waals surface area (Å²) >= 11 is 0. The number of rotatable bonds is 3. The predicted octanol–water partition coefficient (Wildman–Crippen LogP) is 1.29. The minimum absolute atomic E-state index is 0.00879. The van der Waals surface area contributed by atoms with Crippen LogP contribution in [0, 0.1) is 6.92 Å². The van der Waals surface area contributed by atoms with E-state index in [1.54, 1.807) is 6.20 Å². The largest absolute Gasteiger partial charge is 0.394 e. The molecule has 5 heteroatoms. The van der Waals surface area contributed by atoms with E-state index >= 15 is 0 Å². The molecule has 2 N–H and O–H groups in total. The highest BCUT2D eigenvalue weighted by atomic mass is 16.3. The number of carbonyl (C=O) groups is 1. The van der Waals surface area contributed by atoms with Crippen LogP contribution in [0.5, 0.6) is 0 Å². The van der Waals surface area contributed by atoms with Crippen LogP contribution < -0.4 is 5.32 Å². The van der Waals surface area contributed by atoms with E-state index in [4.69, 9.17) is 0 Å². The maximum atomic E-state index is 12.2. The van der Waals surface area contributed by atoms with Gasteiger partial charge in [-0.05, 0) is 38.3 Å². The SMILES string of the molecule is Cc1cccc2nc(C(=O)NC3(CO)CCC3)cn12. The van der Waals surface area contributed by atoms with Crippen LogP contribution in [-0.4, -0.2) is 32.5 Å². The first kappa shape index (κ1) is 12.2. The van der Waals surface area contributed by atoms with Crippen molar-refractivity contribution >= 4 is 11.6 Å². The molecule has 1 amide bonds. The van der Waals surface area contributed by atoms with Crippen LogP contribution in [0.1, 0.15) is 35.4 Å². The van der Waals surface area contributed by atoms with Gasteiger partial charge in [0, 0.05) is 11.9 Å². The molecule has 1 aliphatic rings. The number of aliphatic hydroxyl groups is 1. The van der Waals surface area contributed by atoms with Gasteiger partial charge in [0.25, 0.3) is 5.91 Å². The predicted molar refractivity (Wildman–Crippen MR) is 71.1 cm³/mol. The van der Waals surface area contributed by atoms with E-state index in [0.717, 1.165) is 30.6 Å². The van der Waals surface area contributed by atoms with Crippen LogP contribution in [0.3, 0.4) is 0 Å². The highest BCUT2D eigenvalue weighted by Gasteiger charge is 2.38. The van der Waals surface area contributed by atoms with Gasteiger partial charge in [0.2, 0.25) is 0 Å². The van der Waals surface area contributed by atoms with Crippen molar-refractivity contribution in [1.82, 2.24) is 14.7 Å². The van der Waals surface area contributed by atoms with Crippen molar-refractivity contribution < 1.29 is 9.90 Å². The van der Waals surface area contributed by atoms with Gasteiger partial charge in [0.1, 0.15) is 11.3 Å². The van der Waals surface area contributed by atoms with E-state index in [1.165, 1.54) is 0 Å². The van der Waals surface area contributed by atoms with E-state index < -0.39 is 5.54 Å². The van der Waals surface area contributed by atoms with Gasteiger partial charge in [0.15, 0.2) is 0 Å². The number of pyridine rings is 1. The fourth-order valence-electron chi connectivity index (χ4n) is 2.49. The fraction of sp³-hybridized carbons (Fsp3) is 0.429. The number of aromatic nitrogens is 2. The standard InChI is InChI=1S/C14H17N3O2/c1-10-4-2-5-12-15-11(8-17(10)12)13(19)16-14(9-18)6-3-7-14/h2,4-5,8,18H,3,6-7,9H2,1H3,(H,16,19). The van der Waals surface area contributed by atoms with Crippen LogP contribution in [0.15, 0.2) is 24.4 Å². The van der Waals surface area contributed by atoms with Crippen molar-refractivity contribution in [2.45, 2.75) is 31.7 Å². The summed E-state index contributed by atoms with van der Waals surface area (Å²) in [5.74, 6) is -0.211. The maximum absolute atomic E-state index is 12.2. The average Bonchev–Trinajstić information content (AvgIpc) is 2.79. The molecule has 0 unspecified atom stereocenters. The van der Waals surface area contributed by atoms with E-state index in [9.17, 15) is 9.90 Å². The molecule has 1 fully saturated rings.